The van der Waals surface area contributed by atoms with E-state index >= 15 is 0 Å². The number of carboxylic acids is 1. The number of piperidine rings is 1. The lowest BCUT2D eigenvalue weighted by Crippen LogP contribution is -2.51. The van der Waals surface area contributed by atoms with Crippen molar-refractivity contribution in [1.82, 2.24) is 5.32 Å². The molecule has 0 spiro atoms. The number of aromatic carboxylic acids is 1. The van der Waals surface area contributed by atoms with Crippen LogP contribution in [0.3, 0.4) is 0 Å². The highest BCUT2D eigenvalue weighted by molar-refractivity contribution is 6.03. The number of ether oxygens (including phenoxy) is 2. The van der Waals surface area contributed by atoms with Gasteiger partial charge in [-0.25, -0.2) is 4.79 Å². The average Bonchev–Trinajstić information content (AvgIpc) is 3.88. The van der Waals surface area contributed by atoms with Gasteiger partial charge >= 0.3 is 18.0 Å². The van der Waals surface area contributed by atoms with E-state index in [1.165, 1.54) is 25.3 Å². The number of nitrogens with one attached hydrogen (secondary N) is 1. The fourth-order valence-corrected chi connectivity index (χ4v) is 6.37. The number of rotatable bonds is 10. The van der Waals surface area contributed by atoms with Gasteiger partial charge in [0.05, 0.1) is 11.6 Å². The Morgan fingerprint density at radius 2 is 1.87 bits per heavy atom. The molecule has 12 heteroatoms. The minimum atomic E-state index is -4.00. The number of phenols is 1. The Bertz CT molecular complexity index is 1660. The third-order valence-corrected chi connectivity index (χ3v) is 8.80. The molecule has 46 heavy (non-hydrogen) atoms. The van der Waals surface area contributed by atoms with E-state index < -0.39 is 23.9 Å². The molecule has 3 aromatic carbocycles. The first-order chi connectivity index (χ1) is 22.1. The zero-order valence-corrected chi connectivity index (χ0v) is 25.2. The van der Waals surface area contributed by atoms with Gasteiger partial charge in [0.25, 0.3) is 0 Å². The van der Waals surface area contributed by atoms with Crippen molar-refractivity contribution < 1.29 is 42.9 Å². The van der Waals surface area contributed by atoms with Crippen molar-refractivity contribution >= 4 is 29.2 Å². The molecule has 2 amide bonds. The lowest BCUT2D eigenvalue weighted by Gasteiger charge is -2.37. The van der Waals surface area contributed by atoms with E-state index in [9.17, 15) is 33.4 Å². The zero-order chi connectivity index (χ0) is 32.6. The fraction of sp³-hybridized carbons (Fsp3) is 0.382. The first kappa shape index (κ1) is 31.4. The number of fused-ring (bicyclic) bond motifs is 1. The second-order valence-corrected chi connectivity index (χ2v) is 11.9. The Balaban J connectivity index is 1.31. The van der Waals surface area contributed by atoms with Crippen LogP contribution in [0.1, 0.15) is 47.5 Å². The fourth-order valence-electron chi connectivity index (χ4n) is 6.37. The molecule has 10 nitrogen and oxygen atoms in total. The molecule has 0 radical (unpaired) electrons. The standard InChI is InChI=1S/C34H35F2N3O7/c1-45-15-3-14-38-28-18-24(9-11-30(28)46-34(35,36)33(38)44)39(23-7-8-23)31(41)27-19-37-13-12-25(27)22-5-2-4-20(16-22)21-6-10-29(40)26(17-21)32(42)43/h2,4-6,9-11,16-18,23,25,27,37,40H,3,7-8,12-15,19H2,1H3,(H,42,43)/t25-,27+/m1/s1. The van der Waals surface area contributed by atoms with Gasteiger partial charge in [0.15, 0.2) is 5.75 Å². The van der Waals surface area contributed by atoms with Gasteiger partial charge in [-0.1, -0.05) is 30.3 Å². The quantitative estimate of drug-likeness (QED) is 0.266. The third-order valence-electron chi connectivity index (χ3n) is 8.80. The largest absolute Gasteiger partial charge is 0.507 e. The van der Waals surface area contributed by atoms with Crippen molar-refractivity contribution in [2.75, 3.05) is 43.2 Å². The predicted molar refractivity (Wildman–Crippen MR) is 166 cm³/mol. The smallest absolute Gasteiger partial charge is 0.482 e. The van der Waals surface area contributed by atoms with Gasteiger partial charge in [-0.2, -0.15) is 8.78 Å². The molecular weight excluding hydrogens is 600 g/mol. The molecule has 0 unspecified atom stereocenters. The van der Waals surface area contributed by atoms with Crippen molar-refractivity contribution in [3.05, 3.63) is 71.8 Å². The lowest BCUT2D eigenvalue weighted by atomic mass is 9.79. The number of alkyl halides is 2. The van der Waals surface area contributed by atoms with Crippen LogP contribution in [0.5, 0.6) is 11.5 Å². The van der Waals surface area contributed by atoms with Gasteiger partial charge in [-0.15, -0.1) is 0 Å². The molecule has 1 saturated carbocycles. The number of hydrogen-bond acceptors (Lipinski definition) is 7. The summed E-state index contributed by atoms with van der Waals surface area (Å²) in [4.78, 5) is 41.5. The summed E-state index contributed by atoms with van der Waals surface area (Å²) in [5.41, 5.74) is 2.80. The Hall–Kier alpha value is -4.55. The van der Waals surface area contributed by atoms with Gasteiger partial charge in [-0.05, 0) is 85.2 Å². The number of carbonyl (C=O) groups is 3. The van der Waals surface area contributed by atoms with Gasteiger partial charge in [-0.3, -0.25) is 9.59 Å². The van der Waals surface area contributed by atoms with Crippen LogP contribution in [0.4, 0.5) is 20.2 Å². The highest BCUT2D eigenvalue weighted by Crippen LogP contribution is 2.44. The molecule has 3 aromatic rings. The molecule has 1 aliphatic carbocycles. The van der Waals surface area contributed by atoms with E-state index in [0.717, 1.165) is 28.9 Å². The summed E-state index contributed by atoms with van der Waals surface area (Å²) in [6.45, 7) is 1.41. The molecule has 0 aromatic heterocycles. The minimum Gasteiger partial charge on any atom is -0.507 e. The van der Waals surface area contributed by atoms with Crippen LogP contribution in [0.25, 0.3) is 11.1 Å². The lowest BCUT2D eigenvalue weighted by molar-refractivity contribution is -0.192. The van der Waals surface area contributed by atoms with Crippen LogP contribution in [0, 0.1) is 5.92 Å². The SMILES string of the molecule is COCCCN1C(=O)C(F)(F)Oc2ccc(N(C(=O)[C@H]3CNCC[C@@H]3c3cccc(-c4ccc(O)c(C(=O)O)c4)c3)C3CC3)cc21. The van der Waals surface area contributed by atoms with E-state index in [4.69, 9.17) is 9.47 Å². The summed E-state index contributed by atoms with van der Waals surface area (Å²) in [5.74, 6) is -3.86. The van der Waals surface area contributed by atoms with Crippen LogP contribution in [-0.2, 0) is 14.3 Å². The summed E-state index contributed by atoms with van der Waals surface area (Å²) in [6.07, 6.45) is -1.40. The molecule has 3 aliphatic rings. The van der Waals surface area contributed by atoms with Crippen LogP contribution in [0.15, 0.2) is 60.7 Å². The second kappa shape index (κ2) is 12.7. The van der Waals surface area contributed by atoms with E-state index in [0.29, 0.717) is 37.2 Å². The summed E-state index contributed by atoms with van der Waals surface area (Å²) >= 11 is 0. The van der Waals surface area contributed by atoms with Crippen LogP contribution in [0.2, 0.25) is 0 Å². The van der Waals surface area contributed by atoms with Gasteiger partial charge in [0.1, 0.15) is 11.3 Å². The minimum absolute atomic E-state index is 0.000594. The number of carboxylic acid groups (broad SMARTS) is 1. The Morgan fingerprint density at radius 3 is 2.61 bits per heavy atom. The average molecular weight is 636 g/mol. The molecule has 0 bridgehead atoms. The molecular formula is C34H35F2N3O7. The van der Waals surface area contributed by atoms with Gasteiger partial charge in [0, 0.05) is 38.5 Å². The van der Waals surface area contributed by atoms with E-state index in [1.54, 1.807) is 23.1 Å². The number of halogens is 2. The van der Waals surface area contributed by atoms with Crippen molar-refractivity contribution in [2.45, 2.75) is 43.8 Å². The summed E-state index contributed by atoms with van der Waals surface area (Å²) < 4.78 is 38.8. The Labute approximate surface area is 264 Å². The molecule has 1 saturated heterocycles. The zero-order valence-electron chi connectivity index (χ0n) is 25.2. The maximum absolute atomic E-state index is 14.5. The van der Waals surface area contributed by atoms with Crippen molar-refractivity contribution in [1.29, 1.82) is 0 Å². The number of benzene rings is 3. The first-order valence-corrected chi connectivity index (χ1v) is 15.3. The number of carbonyl (C=O) groups excluding carboxylic acids is 2. The number of methoxy groups -OCH3 is 1. The number of anilines is 2. The first-order valence-electron chi connectivity index (χ1n) is 15.3. The van der Waals surface area contributed by atoms with E-state index in [-0.39, 0.29) is 53.8 Å². The van der Waals surface area contributed by atoms with Crippen molar-refractivity contribution in [2.24, 2.45) is 5.92 Å². The molecule has 2 heterocycles. The van der Waals surface area contributed by atoms with Gasteiger partial charge in [0.2, 0.25) is 5.91 Å². The summed E-state index contributed by atoms with van der Waals surface area (Å²) in [6, 6.07) is 16.6. The van der Waals surface area contributed by atoms with Crippen LogP contribution < -0.4 is 19.9 Å². The van der Waals surface area contributed by atoms with E-state index in [1.807, 2.05) is 24.3 Å². The molecule has 2 atom stereocenters. The second-order valence-electron chi connectivity index (χ2n) is 11.9. The number of amides is 2. The Morgan fingerprint density at radius 1 is 1.09 bits per heavy atom. The monoisotopic (exact) mass is 635 g/mol. The maximum Gasteiger partial charge on any atom is 0.482 e. The number of nitrogens with zero attached hydrogens (tertiary/aromatic N) is 2. The highest BCUT2D eigenvalue weighted by atomic mass is 19.3. The summed E-state index contributed by atoms with van der Waals surface area (Å²) in [7, 11) is 1.49. The molecule has 2 aliphatic heterocycles. The molecule has 6 rings (SSSR count). The number of aromatic hydroxyl groups is 1. The maximum atomic E-state index is 14.5. The van der Waals surface area contributed by atoms with Crippen LogP contribution >= 0.6 is 0 Å². The molecule has 2 fully saturated rings. The molecule has 242 valence electrons. The topological polar surface area (TPSA) is 129 Å². The van der Waals surface area contributed by atoms with E-state index in [2.05, 4.69) is 5.32 Å². The summed E-state index contributed by atoms with van der Waals surface area (Å²) in [5, 5.41) is 22.8. The highest BCUT2D eigenvalue weighted by Gasteiger charge is 2.51. The van der Waals surface area contributed by atoms with Crippen LogP contribution in [-0.4, -0.2) is 73.5 Å². The molecule has 3 N–H and O–H groups in total. The number of hydrogen-bond donors (Lipinski definition) is 3. The van der Waals surface area contributed by atoms with Crippen molar-refractivity contribution in [3.63, 3.8) is 0 Å². The normalized spacial score (nSPS) is 20.5. The predicted octanol–water partition coefficient (Wildman–Crippen LogP) is 5.00. The van der Waals surface area contributed by atoms with Gasteiger partial charge < -0.3 is 34.8 Å². The third kappa shape index (κ3) is 6.14. The Kier molecular flexibility index (Phi) is 8.67. The van der Waals surface area contributed by atoms with Crippen molar-refractivity contribution in [3.8, 4) is 22.6 Å².